The van der Waals surface area contributed by atoms with Crippen LogP contribution in [0.1, 0.15) is 31.2 Å². The highest BCUT2D eigenvalue weighted by Gasteiger charge is 2.39. The number of piperidine rings is 1. The van der Waals surface area contributed by atoms with Crippen molar-refractivity contribution in [2.24, 2.45) is 0 Å². The van der Waals surface area contributed by atoms with Crippen LogP contribution in [-0.4, -0.2) is 37.2 Å². The largest absolute Gasteiger partial charge is 0.490 e. The van der Waals surface area contributed by atoms with Crippen LogP contribution in [0.3, 0.4) is 0 Å². The van der Waals surface area contributed by atoms with Gasteiger partial charge in [-0.05, 0) is 57.5 Å². The number of ether oxygens (including phenoxy) is 1. The Morgan fingerprint density at radius 2 is 2.00 bits per heavy atom. The van der Waals surface area contributed by atoms with E-state index in [9.17, 15) is 0 Å². The highest BCUT2D eigenvalue weighted by molar-refractivity contribution is 5.28. The first-order chi connectivity index (χ1) is 9.26. The van der Waals surface area contributed by atoms with Crippen LogP contribution < -0.4 is 10.1 Å². The average Bonchev–Trinajstić information content (AvgIpc) is 2.63. The molecule has 2 fully saturated rings. The van der Waals surface area contributed by atoms with Gasteiger partial charge in [-0.3, -0.25) is 0 Å². The first-order valence-corrected chi connectivity index (χ1v) is 7.38. The summed E-state index contributed by atoms with van der Waals surface area (Å²) in [5.41, 5.74) is 1.29. The molecule has 19 heavy (non-hydrogen) atoms. The number of benzene rings is 1. The van der Waals surface area contributed by atoms with E-state index in [4.69, 9.17) is 4.74 Å². The molecule has 3 nitrogen and oxygen atoms in total. The molecule has 3 heteroatoms. The molecule has 3 atom stereocenters. The molecule has 0 aromatic heterocycles. The zero-order valence-corrected chi connectivity index (χ0v) is 11.9. The van der Waals surface area contributed by atoms with Crippen LogP contribution in [0.4, 0.5) is 0 Å². The fourth-order valence-electron chi connectivity index (χ4n) is 3.58. The normalized spacial score (nSPS) is 30.5. The topological polar surface area (TPSA) is 24.5 Å². The van der Waals surface area contributed by atoms with Crippen LogP contribution in [0.5, 0.6) is 5.75 Å². The molecule has 2 aliphatic heterocycles. The lowest BCUT2D eigenvalue weighted by Crippen LogP contribution is -2.43. The van der Waals surface area contributed by atoms with Gasteiger partial charge in [0.15, 0.2) is 0 Å². The molecule has 1 aromatic carbocycles. The van der Waals surface area contributed by atoms with E-state index < -0.39 is 0 Å². The van der Waals surface area contributed by atoms with Gasteiger partial charge in [0.25, 0.3) is 0 Å². The summed E-state index contributed by atoms with van der Waals surface area (Å²) in [6.07, 6.45) is 5.47. The molecule has 2 bridgehead atoms. The van der Waals surface area contributed by atoms with Crippen molar-refractivity contribution in [3.8, 4) is 5.75 Å². The monoisotopic (exact) mass is 260 g/mol. The molecule has 1 aromatic rings. The fraction of sp³-hybridized carbons (Fsp3) is 0.625. The Kier molecular flexibility index (Phi) is 3.76. The Hall–Kier alpha value is -1.06. The van der Waals surface area contributed by atoms with Crippen molar-refractivity contribution in [1.82, 2.24) is 10.2 Å². The fourth-order valence-corrected chi connectivity index (χ4v) is 3.58. The number of nitrogens with zero attached hydrogens (tertiary/aromatic N) is 1. The minimum atomic E-state index is 0.401. The van der Waals surface area contributed by atoms with Crippen LogP contribution in [0.2, 0.25) is 0 Å². The zero-order valence-electron chi connectivity index (χ0n) is 11.9. The van der Waals surface area contributed by atoms with Gasteiger partial charge in [0.05, 0.1) is 0 Å². The Morgan fingerprint density at radius 1 is 1.26 bits per heavy atom. The van der Waals surface area contributed by atoms with Crippen molar-refractivity contribution in [2.45, 2.75) is 50.4 Å². The second-order valence-electron chi connectivity index (χ2n) is 5.94. The smallest absolute Gasteiger partial charge is 0.120 e. The van der Waals surface area contributed by atoms with Crippen LogP contribution in [0.15, 0.2) is 24.3 Å². The predicted molar refractivity (Wildman–Crippen MR) is 77.4 cm³/mol. The molecule has 3 rings (SSSR count). The third-order valence-electron chi connectivity index (χ3n) is 4.64. The summed E-state index contributed by atoms with van der Waals surface area (Å²) in [5, 5.41) is 3.18. The van der Waals surface area contributed by atoms with E-state index >= 15 is 0 Å². The van der Waals surface area contributed by atoms with Gasteiger partial charge in [-0.25, -0.2) is 0 Å². The van der Waals surface area contributed by atoms with Gasteiger partial charge in [0.2, 0.25) is 0 Å². The quantitative estimate of drug-likeness (QED) is 0.900. The minimum Gasteiger partial charge on any atom is -0.490 e. The molecule has 0 amide bonds. The highest BCUT2D eigenvalue weighted by atomic mass is 16.5. The molecule has 0 aliphatic carbocycles. The van der Waals surface area contributed by atoms with Crippen molar-refractivity contribution in [1.29, 1.82) is 0 Å². The van der Waals surface area contributed by atoms with Gasteiger partial charge in [0.1, 0.15) is 11.9 Å². The second-order valence-corrected chi connectivity index (χ2v) is 5.94. The number of rotatable bonds is 4. The molecular weight excluding hydrogens is 236 g/mol. The lowest BCUT2D eigenvalue weighted by molar-refractivity contribution is 0.0661. The van der Waals surface area contributed by atoms with E-state index in [-0.39, 0.29) is 0 Å². The lowest BCUT2D eigenvalue weighted by atomic mass is 10.0. The Bertz CT molecular complexity index is 421. The first-order valence-electron chi connectivity index (χ1n) is 7.38. The van der Waals surface area contributed by atoms with Gasteiger partial charge >= 0.3 is 0 Å². The molecule has 2 aliphatic rings. The Morgan fingerprint density at radius 3 is 2.68 bits per heavy atom. The predicted octanol–water partition coefficient (Wildman–Crippen LogP) is 2.41. The summed E-state index contributed by atoms with van der Waals surface area (Å²) >= 11 is 0. The first kappa shape index (κ1) is 12.9. The highest BCUT2D eigenvalue weighted by Crippen LogP contribution is 2.35. The summed E-state index contributed by atoms with van der Waals surface area (Å²) in [7, 11) is 4.24. The van der Waals surface area contributed by atoms with Crippen molar-refractivity contribution in [3.05, 3.63) is 29.8 Å². The lowest BCUT2D eigenvalue weighted by Gasteiger charge is -2.36. The molecule has 2 saturated heterocycles. The van der Waals surface area contributed by atoms with Crippen molar-refractivity contribution < 1.29 is 4.74 Å². The number of hydrogen-bond acceptors (Lipinski definition) is 3. The second kappa shape index (κ2) is 5.51. The van der Waals surface area contributed by atoms with Crippen LogP contribution in [0.25, 0.3) is 0 Å². The standard InChI is InChI=1S/C16H24N2O/c1-17-11-12-4-3-5-15(8-12)19-16-9-13-6-7-14(10-16)18(13)2/h3-5,8,13-14,16-17H,6-7,9-11H2,1-2H3/t13-,14+,16?. The molecule has 1 N–H and O–H groups in total. The van der Waals surface area contributed by atoms with Gasteiger partial charge in [-0.1, -0.05) is 12.1 Å². The van der Waals surface area contributed by atoms with E-state index in [0.717, 1.165) is 24.4 Å². The summed E-state index contributed by atoms with van der Waals surface area (Å²) in [6, 6.07) is 9.96. The molecule has 0 spiro atoms. The molecule has 104 valence electrons. The number of fused-ring (bicyclic) bond motifs is 2. The zero-order chi connectivity index (χ0) is 13.2. The SMILES string of the molecule is CNCc1cccc(OC2C[C@H]3CC[C@@H](C2)N3C)c1. The molecule has 0 radical (unpaired) electrons. The van der Waals surface area contributed by atoms with E-state index in [1.54, 1.807) is 0 Å². The van der Waals surface area contributed by atoms with Crippen LogP contribution in [0, 0.1) is 0 Å². The average molecular weight is 260 g/mol. The maximum Gasteiger partial charge on any atom is 0.120 e. The third kappa shape index (κ3) is 2.77. The van der Waals surface area contributed by atoms with Gasteiger partial charge in [-0.15, -0.1) is 0 Å². The van der Waals surface area contributed by atoms with Crippen molar-refractivity contribution in [3.63, 3.8) is 0 Å². The van der Waals surface area contributed by atoms with Gasteiger partial charge in [-0.2, -0.15) is 0 Å². The van der Waals surface area contributed by atoms with Crippen LogP contribution in [-0.2, 0) is 6.54 Å². The summed E-state index contributed by atoms with van der Waals surface area (Å²) in [5.74, 6) is 1.03. The van der Waals surface area contributed by atoms with Crippen molar-refractivity contribution >= 4 is 0 Å². The van der Waals surface area contributed by atoms with E-state index in [0.29, 0.717) is 6.10 Å². The third-order valence-corrected chi connectivity index (χ3v) is 4.64. The van der Waals surface area contributed by atoms with E-state index in [2.05, 4.69) is 41.5 Å². The molecule has 2 heterocycles. The van der Waals surface area contributed by atoms with E-state index in [1.165, 1.54) is 31.2 Å². The Balaban J connectivity index is 1.64. The van der Waals surface area contributed by atoms with E-state index in [1.807, 2.05) is 7.05 Å². The molecule has 1 unspecified atom stereocenters. The van der Waals surface area contributed by atoms with Gasteiger partial charge < -0.3 is 15.0 Å². The molecule has 0 saturated carbocycles. The summed E-state index contributed by atoms with van der Waals surface area (Å²) < 4.78 is 6.22. The Labute approximate surface area is 115 Å². The van der Waals surface area contributed by atoms with Gasteiger partial charge in [0, 0.05) is 18.6 Å². The maximum atomic E-state index is 6.22. The molecular formula is C16H24N2O. The summed E-state index contributed by atoms with van der Waals surface area (Å²) in [4.78, 5) is 2.55. The minimum absolute atomic E-state index is 0.401. The van der Waals surface area contributed by atoms with Crippen LogP contribution >= 0.6 is 0 Å². The maximum absolute atomic E-state index is 6.22. The summed E-state index contributed by atoms with van der Waals surface area (Å²) in [6.45, 7) is 0.899. The number of hydrogen-bond donors (Lipinski definition) is 1. The number of nitrogens with one attached hydrogen (secondary N) is 1. The van der Waals surface area contributed by atoms with Crippen molar-refractivity contribution in [2.75, 3.05) is 14.1 Å².